The minimum Gasteiger partial charge on any atom is -0.484 e. The van der Waals surface area contributed by atoms with E-state index in [4.69, 9.17) is 9.26 Å². The van der Waals surface area contributed by atoms with Gasteiger partial charge in [-0.3, -0.25) is 4.79 Å². The van der Waals surface area contributed by atoms with Gasteiger partial charge < -0.3 is 14.6 Å². The first-order chi connectivity index (χ1) is 12.1. The fraction of sp³-hybridized carbons (Fsp3) is 0.200. The molecule has 0 aliphatic rings. The summed E-state index contributed by atoms with van der Waals surface area (Å²) in [6, 6.07) is 17.4. The molecular formula is C20H20N2O3. The zero-order chi connectivity index (χ0) is 17.6. The molecule has 0 aliphatic heterocycles. The highest BCUT2D eigenvalue weighted by Gasteiger charge is 2.09. The zero-order valence-corrected chi connectivity index (χ0v) is 14.3. The Hall–Kier alpha value is -3.08. The molecule has 0 radical (unpaired) electrons. The Kier molecular flexibility index (Phi) is 5.14. The number of amides is 1. The molecule has 0 bridgehead atoms. The van der Waals surface area contributed by atoms with Crippen LogP contribution in [0.1, 0.15) is 16.8 Å². The van der Waals surface area contributed by atoms with Gasteiger partial charge in [-0.15, -0.1) is 0 Å². The number of ether oxygens (including phenoxy) is 1. The van der Waals surface area contributed by atoms with Gasteiger partial charge in [-0.2, -0.15) is 0 Å². The summed E-state index contributed by atoms with van der Waals surface area (Å²) in [5, 5.41) is 6.76. The topological polar surface area (TPSA) is 64.4 Å². The third-order valence-corrected chi connectivity index (χ3v) is 3.81. The lowest BCUT2D eigenvalue weighted by Crippen LogP contribution is -2.28. The third kappa shape index (κ3) is 4.47. The summed E-state index contributed by atoms with van der Waals surface area (Å²) in [5.41, 5.74) is 3.80. The van der Waals surface area contributed by atoms with Crippen molar-refractivity contribution >= 4 is 5.91 Å². The first-order valence-corrected chi connectivity index (χ1v) is 8.09. The molecule has 2 aromatic carbocycles. The van der Waals surface area contributed by atoms with Crippen LogP contribution in [0, 0.1) is 13.8 Å². The summed E-state index contributed by atoms with van der Waals surface area (Å²) in [6.07, 6.45) is 0. The van der Waals surface area contributed by atoms with Crippen molar-refractivity contribution in [3.63, 3.8) is 0 Å². The third-order valence-electron chi connectivity index (χ3n) is 3.81. The fourth-order valence-electron chi connectivity index (χ4n) is 2.35. The smallest absolute Gasteiger partial charge is 0.258 e. The second-order valence-corrected chi connectivity index (χ2v) is 5.88. The lowest BCUT2D eigenvalue weighted by atomic mass is 10.1. The molecule has 1 aromatic heterocycles. The van der Waals surface area contributed by atoms with E-state index < -0.39 is 0 Å². The van der Waals surface area contributed by atoms with Gasteiger partial charge in [-0.25, -0.2) is 0 Å². The summed E-state index contributed by atoms with van der Waals surface area (Å²) < 4.78 is 10.9. The van der Waals surface area contributed by atoms with E-state index in [1.807, 2.05) is 68.4 Å². The van der Waals surface area contributed by atoms with E-state index in [9.17, 15) is 4.79 Å². The average Bonchev–Trinajstić information content (AvgIpc) is 3.09. The van der Waals surface area contributed by atoms with Crippen molar-refractivity contribution in [2.45, 2.75) is 20.4 Å². The summed E-state index contributed by atoms with van der Waals surface area (Å²) in [4.78, 5) is 11.9. The van der Waals surface area contributed by atoms with Crippen LogP contribution in [-0.4, -0.2) is 17.7 Å². The van der Waals surface area contributed by atoms with Crippen LogP contribution in [0.5, 0.6) is 5.75 Å². The van der Waals surface area contributed by atoms with Crippen LogP contribution in [-0.2, 0) is 11.3 Å². The fourth-order valence-corrected chi connectivity index (χ4v) is 2.35. The number of para-hydroxylation sites is 1. The lowest BCUT2D eigenvalue weighted by molar-refractivity contribution is -0.123. The molecular weight excluding hydrogens is 316 g/mol. The SMILES string of the molecule is Cc1ccc(-c2cc(CNC(=O)COc3ccccc3C)no2)cc1. The first-order valence-electron chi connectivity index (χ1n) is 8.09. The Morgan fingerprint density at radius 1 is 1.12 bits per heavy atom. The highest BCUT2D eigenvalue weighted by Crippen LogP contribution is 2.20. The molecule has 5 nitrogen and oxygen atoms in total. The normalized spacial score (nSPS) is 10.5. The molecule has 0 atom stereocenters. The number of benzene rings is 2. The Morgan fingerprint density at radius 2 is 1.88 bits per heavy atom. The van der Waals surface area contributed by atoms with E-state index in [0.717, 1.165) is 11.1 Å². The molecule has 128 valence electrons. The molecule has 0 saturated carbocycles. The van der Waals surface area contributed by atoms with Gasteiger partial charge in [-0.1, -0.05) is 53.2 Å². The molecule has 1 amide bonds. The van der Waals surface area contributed by atoms with Crippen molar-refractivity contribution in [1.82, 2.24) is 10.5 Å². The number of hydrogen-bond acceptors (Lipinski definition) is 4. The summed E-state index contributed by atoms with van der Waals surface area (Å²) in [5.74, 6) is 1.18. The largest absolute Gasteiger partial charge is 0.484 e. The molecule has 3 rings (SSSR count). The number of aromatic nitrogens is 1. The van der Waals surface area contributed by atoms with Gasteiger partial charge in [0.2, 0.25) is 0 Å². The minimum absolute atomic E-state index is 0.0342. The second-order valence-electron chi connectivity index (χ2n) is 5.88. The molecule has 0 fully saturated rings. The van der Waals surface area contributed by atoms with E-state index in [2.05, 4.69) is 10.5 Å². The molecule has 25 heavy (non-hydrogen) atoms. The van der Waals surface area contributed by atoms with Gasteiger partial charge in [0.25, 0.3) is 5.91 Å². The van der Waals surface area contributed by atoms with Crippen LogP contribution in [0.4, 0.5) is 0 Å². The van der Waals surface area contributed by atoms with Gasteiger partial charge in [-0.05, 0) is 25.5 Å². The molecule has 0 aliphatic carbocycles. The predicted molar refractivity (Wildman–Crippen MR) is 95.2 cm³/mol. The molecule has 1 N–H and O–H groups in total. The number of hydrogen-bond donors (Lipinski definition) is 1. The van der Waals surface area contributed by atoms with Gasteiger partial charge in [0.05, 0.1) is 6.54 Å². The van der Waals surface area contributed by atoms with Gasteiger partial charge in [0, 0.05) is 11.6 Å². The highest BCUT2D eigenvalue weighted by atomic mass is 16.5. The molecule has 3 aromatic rings. The van der Waals surface area contributed by atoms with Crippen LogP contribution in [0.2, 0.25) is 0 Å². The van der Waals surface area contributed by atoms with Crippen molar-refractivity contribution in [3.8, 4) is 17.1 Å². The van der Waals surface area contributed by atoms with Crippen molar-refractivity contribution in [2.75, 3.05) is 6.61 Å². The average molecular weight is 336 g/mol. The van der Waals surface area contributed by atoms with E-state index in [1.54, 1.807) is 0 Å². The van der Waals surface area contributed by atoms with E-state index in [1.165, 1.54) is 5.56 Å². The molecule has 0 spiro atoms. The second kappa shape index (κ2) is 7.66. The summed E-state index contributed by atoms with van der Waals surface area (Å²) >= 11 is 0. The van der Waals surface area contributed by atoms with Gasteiger partial charge >= 0.3 is 0 Å². The van der Waals surface area contributed by atoms with Crippen LogP contribution >= 0.6 is 0 Å². The molecule has 1 heterocycles. The maximum atomic E-state index is 11.9. The highest BCUT2D eigenvalue weighted by molar-refractivity contribution is 5.77. The Morgan fingerprint density at radius 3 is 2.64 bits per heavy atom. The number of carbonyl (C=O) groups is 1. The molecule has 5 heteroatoms. The molecule has 0 saturated heterocycles. The molecule has 0 unspecified atom stereocenters. The van der Waals surface area contributed by atoms with E-state index >= 15 is 0 Å². The zero-order valence-electron chi connectivity index (χ0n) is 14.3. The van der Waals surface area contributed by atoms with Crippen LogP contribution in [0.25, 0.3) is 11.3 Å². The van der Waals surface area contributed by atoms with E-state index in [0.29, 0.717) is 23.7 Å². The monoisotopic (exact) mass is 336 g/mol. The summed E-state index contributed by atoms with van der Waals surface area (Å²) in [6.45, 7) is 4.23. The maximum absolute atomic E-state index is 11.9. The number of aryl methyl sites for hydroxylation is 2. The Balaban J connectivity index is 1.51. The standard InChI is InChI=1S/C20H20N2O3/c1-14-7-9-16(10-8-14)19-11-17(22-25-19)12-21-20(23)13-24-18-6-4-3-5-15(18)2/h3-11H,12-13H2,1-2H3,(H,21,23). The van der Waals surface area contributed by atoms with Crippen LogP contribution in [0.15, 0.2) is 59.1 Å². The Bertz CT molecular complexity index is 853. The minimum atomic E-state index is -0.205. The van der Waals surface area contributed by atoms with E-state index in [-0.39, 0.29) is 12.5 Å². The van der Waals surface area contributed by atoms with Gasteiger partial charge in [0.15, 0.2) is 12.4 Å². The van der Waals surface area contributed by atoms with Crippen LogP contribution < -0.4 is 10.1 Å². The predicted octanol–water partition coefficient (Wildman–Crippen LogP) is 3.65. The number of nitrogens with zero attached hydrogens (tertiary/aromatic N) is 1. The number of nitrogens with one attached hydrogen (secondary N) is 1. The number of carbonyl (C=O) groups excluding carboxylic acids is 1. The van der Waals surface area contributed by atoms with Crippen molar-refractivity contribution in [3.05, 3.63) is 71.4 Å². The first kappa shape index (κ1) is 16.8. The van der Waals surface area contributed by atoms with Crippen molar-refractivity contribution < 1.29 is 14.1 Å². The van der Waals surface area contributed by atoms with Crippen molar-refractivity contribution in [1.29, 1.82) is 0 Å². The maximum Gasteiger partial charge on any atom is 0.258 e. The summed E-state index contributed by atoms with van der Waals surface area (Å²) in [7, 11) is 0. The number of rotatable bonds is 6. The van der Waals surface area contributed by atoms with Crippen LogP contribution in [0.3, 0.4) is 0 Å². The van der Waals surface area contributed by atoms with Gasteiger partial charge in [0.1, 0.15) is 11.4 Å². The Labute approximate surface area is 146 Å². The quantitative estimate of drug-likeness (QED) is 0.746. The van der Waals surface area contributed by atoms with Crippen molar-refractivity contribution in [2.24, 2.45) is 0 Å². The lowest BCUT2D eigenvalue weighted by Gasteiger charge is -2.08.